The van der Waals surface area contributed by atoms with Crippen LogP contribution >= 0.6 is 11.3 Å². The maximum Gasteiger partial charge on any atom is 0.0713 e. The van der Waals surface area contributed by atoms with Crippen LogP contribution in [0.4, 0.5) is 17.1 Å². The number of rotatable bonds is 7. The molecule has 1 aromatic heterocycles. The summed E-state index contributed by atoms with van der Waals surface area (Å²) >= 11 is 1.88. The third kappa shape index (κ3) is 5.71. The quantitative estimate of drug-likeness (QED) is 0.154. The fraction of sp³-hybridized carbons (Fsp3) is 0.0625. The van der Waals surface area contributed by atoms with E-state index in [0.29, 0.717) is 0 Å². The number of hydrogen-bond donors (Lipinski definition) is 0. The van der Waals surface area contributed by atoms with Gasteiger partial charge in [-0.3, -0.25) is 0 Å². The minimum atomic E-state index is -0.458. The Hall–Kier alpha value is -7.78. The zero-order valence-electron chi connectivity index (χ0n) is 36.9. The van der Waals surface area contributed by atoms with E-state index >= 15 is 0 Å². The molecule has 0 radical (unpaired) electrons. The normalized spacial score (nSPS) is 13.8. The molecule has 1 nitrogen and oxygen atoms in total. The predicted octanol–water partition coefficient (Wildman–Crippen LogP) is 17.5. The van der Waals surface area contributed by atoms with Gasteiger partial charge in [-0.1, -0.05) is 202 Å². The molecule has 66 heavy (non-hydrogen) atoms. The number of fused-ring (bicyclic) bond motifs is 9. The van der Waals surface area contributed by atoms with Crippen LogP contribution < -0.4 is 4.90 Å². The summed E-state index contributed by atoms with van der Waals surface area (Å²) in [5, 5.41) is 2.65. The van der Waals surface area contributed by atoms with Gasteiger partial charge in [0.25, 0.3) is 0 Å². The summed E-state index contributed by atoms with van der Waals surface area (Å²) in [6, 6.07) is 88.1. The first-order chi connectivity index (χ1) is 32.5. The lowest BCUT2D eigenvalue weighted by Crippen LogP contribution is -2.28. The van der Waals surface area contributed by atoms with E-state index in [-0.39, 0.29) is 5.41 Å². The molecular weight excluding hydrogens is 815 g/mol. The second-order valence-electron chi connectivity index (χ2n) is 18.4. The monoisotopic (exact) mass is 859 g/mol. The van der Waals surface area contributed by atoms with Gasteiger partial charge in [0.1, 0.15) is 0 Å². The van der Waals surface area contributed by atoms with Crippen LogP contribution in [0.2, 0.25) is 0 Å². The van der Waals surface area contributed by atoms with Gasteiger partial charge in [-0.05, 0) is 126 Å². The van der Waals surface area contributed by atoms with Gasteiger partial charge in [0.15, 0.2) is 0 Å². The van der Waals surface area contributed by atoms with Crippen molar-refractivity contribution in [1.29, 1.82) is 0 Å². The molecule has 0 N–H and O–H groups in total. The first kappa shape index (κ1) is 38.7. The molecule has 1 heterocycles. The van der Waals surface area contributed by atoms with Crippen LogP contribution in [0.1, 0.15) is 47.2 Å². The van der Waals surface area contributed by atoms with E-state index in [0.717, 1.165) is 17.1 Å². The Kier molecular flexibility index (Phi) is 8.72. The van der Waals surface area contributed by atoms with Crippen molar-refractivity contribution >= 4 is 48.6 Å². The summed E-state index contributed by atoms with van der Waals surface area (Å²) in [5.41, 5.74) is 20.8. The number of anilines is 3. The summed E-state index contributed by atoms with van der Waals surface area (Å²) in [4.78, 5) is 2.44. The van der Waals surface area contributed by atoms with E-state index in [2.05, 4.69) is 255 Å². The Labute approximate surface area is 390 Å². The fourth-order valence-electron chi connectivity index (χ4n) is 11.5. The van der Waals surface area contributed by atoms with Crippen LogP contribution in [0.3, 0.4) is 0 Å². The second-order valence-corrected chi connectivity index (χ2v) is 19.5. The van der Waals surface area contributed by atoms with E-state index in [9.17, 15) is 0 Å². The zero-order chi connectivity index (χ0) is 44.0. The highest BCUT2D eigenvalue weighted by atomic mass is 32.1. The molecule has 0 saturated carbocycles. The Morgan fingerprint density at radius 2 is 0.848 bits per heavy atom. The van der Waals surface area contributed by atoms with Gasteiger partial charge in [0, 0.05) is 42.6 Å². The SMILES string of the molecule is CC1(C)c2ccccc2-c2ccc(N(c3ccc(-c4cccc(-c5cccc6c5sc5ccccc56)c4)cc3)c3ccc(C4(c5ccccc5)c5ccccc5-c5ccccc54)cc3)cc21. The summed E-state index contributed by atoms with van der Waals surface area (Å²) in [6.45, 7) is 4.73. The highest BCUT2D eigenvalue weighted by molar-refractivity contribution is 7.26. The van der Waals surface area contributed by atoms with E-state index in [4.69, 9.17) is 0 Å². The van der Waals surface area contributed by atoms with Gasteiger partial charge in [0.2, 0.25) is 0 Å². The van der Waals surface area contributed by atoms with Crippen LogP contribution in [0.5, 0.6) is 0 Å². The molecule has 0 spiro atoms. The molecule has 0 atom stereocenters. The Bertz CT molecular complexity index is 3620. The minimum absolute atomic E-state index is 0.127. The summed E-state index contributed by atoms with van der Waals surface area (Å²) in [7, 11) is 0. The van der Waals surface area contributed by atoms with Crippen molar-refractivity contribution in [3.05, 3.63) is 270 Å². The zero-order valence-corrected chi connectivity index (χ0v) is 37.7. The molecule has 0 saturated heterocycles. The fourth-order valence-corrected chi connectivity index (χ4v) is 12.7. The maximum atomic E-state index is 2.44. The third-order valence-electron chi connectivity index (χ3n) is 14.6. The Balaban J connectivity index is 0.935. The molecule has 2 heteroatoms. The standard InChI is InChI=1S/C64H45NS/c1-63(2)57-26-10-6-20-51(57)54-39-38-49(41-60(54)63)65(47-34-30-42(31-35-47)43-16-14-17-44(40-43)50-24-15-25-56-55-23-9-13-29-61(55)66-62(50)56)48-36-32-46(33-37-48)64(45-18-4-3-5-19-45)58-27-11-7-21-52(58)53-22-8-12-28-59(53)64/h3-41H,1-2H3. The highest BCUT2D eigenvalue weighted by Crippen LogP contribution is 2.57. The minimum Gasteiger partial charge on any atom is -0.310 e. The predicted molar refractivity (Wildman–Crippen MR) is 280 cm³/mol. The van der Waals surface area contributed by atoms with Gasteiger partial charge in [-0.2, -0.15) is 0 Å². The molecule has 0 aliphatic heterocycles. The van der Waals surface area contributed by atoms with E-state index in [1.165, 1.54) is 98.1 Å². The number of thiophene rings is 1. The third-order valence-corrected chi connectivity index (χ3v) is 15.8. The number of hydrogen-bond acceptors (Lipinski definition) is 2. The molecule has 13 rings (SSSR count). The first-order valence-corrected chi connectivity index (χ1v) is 23.8. The van der Waals surface area contributed by atoms with E-state index in [1.807, 2.05) is 11.3 Å². The van der Waals surface area contributed by atoms with Crippen molar-refractivity contribution in [1.82, 2.24) is 0 Å². The number of benzene rings is 10. The molecule has 10 aromatic carbocycles. The second kappa shape index (κ2) is 14.9. The van der Waals surface area contributed by atoms with Crippen molar-refractivity contribution in [2.45, 2.75) is 24.7 Å². The van der Waals surface area contributed by atoms with Crippen molar-refractivity contribution in [2.24, 2.45) is 0 Å². The summed E-state index contributed by atoms with van der Waals surface area (Å²) in [5.74, 6) is 0. The van der Waals surface area contributed by atoms with Gasteiger partial charge in [-0.15, -0.1) is 11.3 Å². The summed E-state index contributed by atoms with van der Waals surface area (Å²) < 4.78 is 2.66. The maximum absolute atomic E-state index is 2.44. The molecule has 2 aliphatic rings. The lowest BCUT2D eigenvalue weighted by atomic mass is 9.68. The Morgan fingerprint density at radius 3 is 1.58 bits per heavy atom. The Morgan fingerprint density at radius 1 is 0.333 bits per heavy atom. The van der Waals surface area contributed by atoms with Crippen LogP contribution in [0.15, 0.2) is 237 Å². The van der Waals surface area contributed by atoms with Crippen molar-refractivity contribution in [3.63, 3.8) is 0 Å². The highest BCUT2D eigenvalue weighted by Gasteiger charge is 2.46. The molecule has 11 aromatic rings. The van der Waals surface area contributed by atoms with Crippen LogP contribution in [-0.2, 0) is 10.8 Å². The molecule has 0 unspecified atom stereocenters. The molecule has 0 bridgehead atoms. The smallest absolute Gasteiger partial charge is 0.0713 e. The van der Waals surface area contributed by atoms with Crippen molar-refractivity contribution in [2.75, 3.05) is 4.90 Å². The molecule has 0 fully saturated rings. The lowest BCUT2D eigenvalue weighted by molar-refractivity contribution is 0.660. The average molecular weight is 860 g/mol. The van der Waals surface area contributed by atoms with E-state index < -0.39 is 5.41 Å². The molecular formula is C64H45NS. The topological polar surface area (TPSA) is 3.24 Å². The van der Waals surface area contributed by atoms with Crippen LogP contribution in [0.25, 0.3) is 64.7 Å². The average Bonchev–Trinajstić information content (AvgIpc) is 3.99. The number of nitrogens with zero attached hydrogens (tertiary/aromatic N) is 1. The molecule has 2 aliphatic carbocycles. The van der Waals surface area contributed by atoms with Gasteiger partial charge >= 0.3 is 0 Å². The van der Waals surface area contributed by atoms with Crippen molar-refractivity contribution < 1.29 is 0 Å². The molecule has 0 amide bonds. The lowest BCUT2D eigenvalue weighted by Gasteiger charge is -2.34. The van der Waals surface area contributed by atoms with Crippen LogP contribution in [0, 0.1) is 0 Å². The van der Waals surface area contributed by atoms with Crippen LogP contribution in [-0.4, -0.2) is 0 Å². The molecule has 312 valence electrons. The first-order valence-electron chi connectivity index (χ1n) is 23.0. The largest absolute Gasteiger partial charge is 0.310 e. The van der Waals surface area contributed by atoms with Gasteiger partial charge in [-0.25, -0.2) is 0 Å². The summed E-state index contributed by atoms with van der Waals surface area (Å²) in [6.07, 6.45) is 0. The van der Waals surface area contributed by atoms with E-state index in [1.54, 1.807) is 0 Å². The van der Waals surface area contributed by atoms with Crippen molar-refractivity contribution in [3.8, 4) is 44.5 Å². The van der Waals surface area contributed by atoms with Gasteiger partial charge < -0.3 is 4.90 Å². The van der Waals surface area contributed by atoms with Gasteiger partial charge in [0.05, 0.1) is 5.41 Å².